The van der Waals surface area contributed by atoms with E-state index in [0.29, 0.717) is 0 Å². The lowest BCUT2D eigenvalue weighted by atomic mass is 10.4. The van der Waals surface area contributed by atoms with Crippen molar-refractivity contribution in [2.75, 3.05) is 0 Å². The second-order valence-electron chi connectivity index (χ2n) is 1.96. The third-order valence-electron chi connectivity index (χ3n) is 1.25. The molecule has 0 heterocycles. The molecule has 1 saturated carbocycles. The zero-order valence-electron chi connectivity index (χ0n) is 5.12. The van der Waals surface area contributed by atoms with Crippen LogP contribution in [-0.2, 0) is 0 Å². The monoisotopic (exact) mass is 206 g/mol. The maximum atomic E-state index is 4.87. The maximum Gasteiger partial charge on any atom is 0.179 e. The molecule has 0 saturated heterocycles. The number of hydrogen-bond acceptors (Lipinski definition) is 0. The molecule has 0 radical (unpaired) electrons. The van der Waals surface area contributed by atoms with Crippen LogP contribution in [0.5, 0.6) is 0 Å². The van der Waals surface area contributed by atoms with Gasteiger partial charge in [-0.1, -0.05) is 65.8 Å². The Bertz CT molecular complexity index is 43.8. The fraction of sp³-hybridized carbons (Fsp3) is 1.00. The summed E-state index contributed by atoms with van der Waals surface area (Å²) in [4.78, 5) is 0. The van der Waals surface area contributed by atoms with Gasteiger partial charge >= 0.3 is 0 Å². The second kappa shape index (κ2) is 7.41. The first-order valence-corrected chi connectivity index (χ1v) is 7.06. The molecule has 0 bridgehead atoms. The minimum absolute atomic E-state index is 1.20. The lowest BCUT2D eigenvalue weighted by molar-refractivity contribution is 0.886. The molecule has 56 valence electrons. The van der Waals surface area contributed by atoms with E-state index in [1.807, 2.05) is 0 Å². The molecule has 0 aromatic carbocycles. The Balaban J connectivity index is 0.000000148. The Morgan fingerprint density at radius 3 is 0.889 bits per heavy atom. The first-order chi connectivity index (χ1) is 4.23. The van der Waals surface area contributed by atoms with E-state index >= 15 is 0 Å². The molecule has 4 heteroatoms. The molecular formula is C5H10Cl3P. The third-order valence-corrected chi connectivity index (χ3v) is 1.25. The van der Waals surface area contributed by atoms with E-state index in [4.69, 9.17) is 33.7 Å². The zero-order chi connectivity index (χ0) is 7.11. The summed E-state index contributed by atoms with van der Waals surface area (Å²) in [5, 5.41) is 0. The molecule has 9 heavy (non-hydrogen) atoms. The van der Waals surface area contributed by atoms with Crippen LogP contribution >= 0.6 is 39.7 Å². The van der Waals surface area contributed by atoms with Crippen LogP contribution < -0.4 is 0 Å². The lowest BCUT2D eigenvalue weighted by Gasteiger charge is -1.68. The average molecular weight is 207 g/mol. The summed E-state index contributed by atoms with van der Waals surface area (Å²) in [5.74, 6) is -1.20. The molecule has 0 spiro atoms. The highest BCUT2D eigenvalue weighted by Crippen LogP contribution is 2.51. The molecule has 0 aromatic rings. The van der Waals surface area contributed by atoms with Crippen molar-refractivity contribution in [1.82, 2.24) is 0 Å². The molecule has 0 atom stereocenters. The summed E-state index contributed by atoms with van der Waals surface area (Å²) >= 11 is 14.6. The van der Waals surface area contributed by atoms with Crippen LogP contribution in [0.3, 0.4) is 0 Å². The maximum absolute atomic E-state index is 4.87. The van der Waals surface area contributed by atoms with Crippen LogP contribution in [0.15, 0.2) is 0 Å². The van der Waals surface area contributed by atoms with Gasteiger partial charge < -0.3 is 0 Å². The predicted octanol–water partition coefficient (Wildman–Crippen LogP) is 4.88. The molecular weight excluding hydrogens is 197 g/mol. The van der Waals surface area contributed by atoms with E-state index in [1.165, 1.54) is 32.1 Å². The Kier molecular flexibility index (Phi) is 8.48. The van der Waals surface area contributed by atoms with Crippen molar-refractivity contribution < 1.29 is 0 Å². The average Bonchev–Trinajstić information content (AvgIpc) is 2.11. The largest absolute Gasteiger partial charge is 0.179 e. The summed E-state index contributed by atoms with van der Waals surface area (Å²) in [6, 6.07) is 0. The van der Waals surface area contributed by atoms with Crippen molar-refractivity contribution in [2.45, 2.75) is 32.1 Å². The van der Waals surface area contributed by atoms with Crippen molar-refractivity contribution >= 4 is 39.7 Å². The first kappa shape index (κ1) is 10.3. The van der Waals surface area contributed by atoms with Crippen molar-refractivity contribution in [3.8, 4) is 0 Å². The summed E-state index contributed by atoms with van der Waals surface area (Å²) in [5.41, 5.74) is 0. The van der Waals surface area contributed by atoms with E-state index in [2.05, 4.69) is 0 Å². The van der Waals surface area contributed by atoms with Gasteiger partial charge in [0.25, 0.3) is 0 Å². The summed E-state index contributed by atoms with van der Waals surface area (Å²) < 4.78 is 0. The number of halogens is 3. The molecule has 0 unspecified atom stereocenters. The van der Waals surface area contributed by atoms with Crippen LogP contribution in [0.2, 0.25) is 0 Å². The van der Waals surface area contributed by atoms with Gasteiger partial charge in [0.05, 0.1) is 0 Å². The van der Waals surface area contributed by atoms with E-state index < -0.39 is 5.98 Å². The van der Waals surface area contributed by atoms with Gasteiger partial charge in [0.1, 0.15) is 0 Å². The minimum Gasteiger partial charge on any atom is -0.0596 e. The molecule has 1 fully saturated rings. The van der Waals surface area contributed by atoms with Crippen molar-refractivity contribution in [3.05, 3.63) is 0 Å². The van der Waals surface area contributed by atoms with Crippen LogP contribution in [0.4, 0.5) is 0 Å². The Morgan fingerprint density at radius 2 is 0.778 bits per heavy atom. The van der Waals surface area contributed by atoms with Gasteiger partial charge in [0.2, 0.25) is 0 Å². The van der Waals surface area contributed by atoms with Gasteiger partial charge in [-0.3, -0.25) is 0 Å². The summed E-state index contributed by atoms with van der Waals surface area (Å²) in [6.45, 7) is 0. The molecule has 1 aliphatic rings. The predicted molar refractivity (Wildman–Crippen MR) is 47.6 cm³/mol. The first-order valence-electron chi connectivity index (χ1n) is 3.01. The van der Waals surface area contributed by atoms with Gasteiger partial charge in [-0.2, -0.15) is 0 Å². The topological polar surface area (TPSA) is 0 Å². The molecule has 0 N–H and O–H groups in total. The number of rotatable bonds is 0. The standard InChI is InChI=1S/C5H10.Cl3P/c1-2-4-5-3-1;1-4(2)3/h1-5H2;. The zero-order valence-corrected chi connectivity index (χ0v) is 8.28. The minimum atomic E-state index is -1.20. The highest BCUT2D eigenvalue weighted by molar-refractivity contribution is 8.20. The number of hydrogen-bond donors (Lipinski definition) is 0. The molecule has 1 rings (SSSR count). The normalized spacial score (nSPS) is 17.3. The fourth-order valence-corrected chi connectivity index (χ4v) is 0.884. The van der Waals surface area contributed by atoms with E-state index in [1.54, 1.807) is 0 Å². The van der Waals surface area contributed by atoms with Crippen LogP contribution in [0.25, 0.3) is 0 Å². The highest BCUT2D eigenvalue weighted by Gasteiger charge is 1.95. The molecule has 1 aliphatic carbocycles. The van der Waals surface area contributed by atoms with Crippen LogP contribution in [-0.4, -0.2) is 0 Å². The Morgan fingerprint density at radius 1 is 0.667 bits per heavy atom. The van der Waals surface area contributed by atoms with Gasteiger partial charge in [-0.05, 0) is 0 Å². The van der Waals surface area contributed by atoms with E-state index in [-0.39, 0.29) is 0 Å². The van der Waals surface area contributed by atoms with Gasteiger partial charge in [0, 0.05) is 0 Å². The SMILES string of the molecule is C1CCCC1.ClP(Cl)Cl. The van der Waals surface area contributed by atoms with Crippen molar-refractivity contribution in [1.29, 1.82) is 0 Å². The smallest absolute Gasteiger partial charge is 0.0596 e. The Hall–Kier alpha value is 1.30. The molecule has 0 amide bonds. The molecule has 0 aliphatic heterocycles. The van der Waals surface area contributed by atoms with Crippen molar-refractivity contribution in [2.24, 2.45) is 0 Å². The highest BCUT2D eigenvalue weighted by atomic mass is 36.0. The summed E-state index contributed by atoms with van der Waals surface area (Å²) in [6.07, 6.45) is 7.50. The van der Waals surface area contributed by atoms with Crippen LogP contribution in [0, 0.1) is 0 Å². The quantitative estimate of drug-likeness (QED) is 0.497. The van der Waals surface area contributed by atoms with E-state index in [0.717, 1.165) is 0 Å². The molecule has 0 nitrogen and oxygen atoms in total. The fourth-order valence-electron chi connectivity index (χ4n) is 0.884. The van der Waals surface area contributed by atoms with Crippen LogP contribution in [0.1, 0.15) is 32.1 Å². The molecule has 0 aromatic heterocycles. The Labute approximate surface area is 72.0 Å². The van der Waals surface area contributed by atoms with Gasteiger partial charge in [-0.25, -0.2) is 0 Å². The van der Waals surface area contributed by atoms with E-state index in [9.17, 15) is 0 Å². The lowest BCUT2D eigenvalue weighted by Crippen LogP contribution is -1.47. The second-order valence-corrected chi connectivity index (χ2v) is 6.94. The van der Waals surface area contributed by atoms with Gasteiger partial charge in [-0.15, -0.1) is 0 Å². The van der Waals surface area contributed by atoms with Crippen molar-refractivity contribution in [3.63, 3.8) is 0 Å². The van der Waals surface area contributed by atoms with Gasteiger partial charge in [0.15, 0.2) is 5.98 Å². The third kappa shape index (κ3) is 12.5. The summed E-state index contributed by atoms with van der Waals surface area (Å²) in [7, 11) is 0.